The zero-order valence-corrected chi connectivity index (χ0v) is 21.8. The van der Waals surface area contributed by atoms with Crippen molar-refractivity contribution in [1.82, 2.24) is 20.4 Å². The summed E-state index contributed by atoms with van der Waals surface area (Å²) >= 11 is 0. The molecule has 2 N–H and O–H groups in total. The van der Waals surface area contributed by atoms with Gasteiger partial charge in [0.15, 0.2) is 5.96 Å². The lowest BCUT2D eigenvalue weighted by Crippen LogP contribution is -2.48. The third-order valence-corrected chi connectivity index (χ3v) is 5.88. The number of halogens is 1. The Morgan fingerprint density at radius 3 is 2.27 bits per heavy atom. The smallest absolute Gasteiger partial charge is 0.190 e. The second-order valence-electron chi connectivity index (χ2n) is 8.18. The molecule has 0 aliphatic carbocycles. The highest BCUT2D eigenvalue weighted by Crippen LogP contribution is 2.21. The Bertz CT molecular complexity index is 602. The number of guanidine groups is 1. The molecule has 0 aromatic heterocycles. The summed E-state index contributed by atoms with van der Waals surface area (Å²) in [6.45, 7) is 15.8. The Morgan fingerprint density at radius 1 is 1.07 bits per heavy atom. The molecule has 1 aliphatic heterocycles. The monoisotopic (exact) mass is 531 g/mol. The summed E-state index contributed by atoms with van der Waals surface area (Å²) in [6.07, 6.45) is 1.06. The topological polar surface area (TPSA) is 52.1 Å². The number of piperazine rings is 1. The summed E-state index contributed by atoms with van der Waals surface area (Å²) < 4.78 is 5.24. The van der Waals surface area contributed by atoms with E-state index in [0.717, 1.165) is 37.8 Å². The van der Waals surface area contributed by atoms with Crippen LogP contribution in [0.2, 0.25) is 0 Å². The van der Waals surface area contributed by atoms with Gasteiger partial charge in [0.25, 0.3) is 0 Å². The van der Waals surface area contributed by atoms with E-state index in [1.165, 1.54) is 38.3 Å². The van der Waals surface area contributed by atoms with Crippen LogP contribution in [0.1, 0.15) is 38.7 Å². The Morgan fingerprint density at radius 2 is 1.70 bits per heavy atom. The van der Waals surface area contributed by atoms with Gasteiger partial charge in [-0.15, -0.1) is 24.0 Å². The summed E-state index contributed by atoms with van der Waals surface area (Å²) in [5.41, 5.74) is 1.34. The van der Waals surface area contributed by atoms with Crippen LogP contribution in [-0.4, -0.2) is 82.3 Å². The van der Waals surface area contributed by atoms with Gasteiger partial charge in [-0.25, -0.2) is 0 Å². The number of nitrogens with zero attached hydrogens (tertiary/aromatic N) is 3. The second-order valence-corrected chi connectivity index (χ2v) is 8.18. The van der Waals surface area contributed by atoms with Crippen molar-refractivity contribution in [2.45, 2.75) is 33.1 Å². The van der Waals surface area contributed by atoms with Crippen LogP contribution in [0.4, 0.5) is 0 Å². The van der Waals surface area contributed by atoms with Gasteiger partial charge >= 0.3 is 0 Å². The number of ether oxygens (including phenoxy) is 1. The lowest BCUT2D eigenvalue weighted by molar-refractivity contribution is 0.124. The van der Waals surface area contributed by atoms with Crippen molar-refractivity contribution < 1.29 is 4.74 Å². The Hall–Kier alpha value is -1.06. The lowest BCUT2D eigenvalue weighted by Gasteiger charge is -2.35. The van der Waals surface area contributed by atoms with Crippen molar-refractivity contribution in [2.75, 3.05) is 66.5 Å². The van der Waals surface area contributed by atoms with Gasteiger partial charge in [-0.05, 0) is 42.5 Å². The fourth-order valence-corrected chi connectivity index (χ4v) is 3.79. The predicted octanol–water partition coefficient (Wildman–Crippen LogP) is 3.25. The molecule has 172 valence electrons. The third kappa shape index (κ3) is 9.39. The second kappa shape index (κ2) is 14.9. The zero-order valence-electron chi connectivity index (χ0n) is 19.5. The molecule has 1 aliphatic rings. The number of aliphatic imine (C=N–C) groups is 1. The first-order valence-corrected chi connectivity index (χ1v) is 11.1. The molecule has 0 saturated carbocycles. The summed E-state index contributed by atoms with van der Waals surface area (Å²) in [4.78, 5) is 9.49. The Kier molecular flexibility index (Phi) is 13.4. The van der Waals surface area contributed by atoms with E-state index in [1.54, 1.807) is 7.11 Å². The molecule has 7 heteroatoms. The van der Waals surface area contributed by atoms with Gasteiger partial charge in [0.1, 0.15) is 5.75 Å². The van der Waals surface area contributed by atoms with Gasteiger partial charge < -0.3 is 25.2 Å². The van der Waals surface area contributed by atoms with Gasteiger partial charge in [-0.1, -0.05) is 32.9 Å². The first kappa shape index (κ1) is 27.0. The van der Waals surface area contributed by atoms with E-state index in [2.05, 4.69) is 58.3 Å². The number of likely N-dealkylation sites (N-methyl/N-ethyl adjacent to an activating group) is 1. The van der Waals surface area contributed by atoms with Crippen LogP contribution < -0.4 is 15.4 Å². The van der Waals surface area contributed by atoms with Gasteiger partial charge in [0.05, 0.1) is 7.11 Å². The average Bonchev–Trinajstić information content (AvgIpc) is 2.76. The van der Waals surface area contributed by atoms with Gasteiger partial charge in [-0.2, -0.15) is 0 Å². The number of rotatable bonds is 10. The van der Waals surface area contributed by atoms with Crippen LogP contribution >= 0.6 is 24.0 Å². The minimum absolute atomic E-state index is 0. The number of benzene rings is 1. The molecule has 1 aromatic rings. The van der Waals surface area contributed by atoms with Crippen molar-refractivity contribution in [3.8, 4) is 5.75 Å². The SMILES string of the molecule is CCN1CCN(CC(C)CNC(=NC)NCCC(C)c2ccc(OC)cc2)CC1.I. The lowest BCUT2D eigenvalue weighted by atomic mass is 9.98. The van der Waals surface area contributed by atoms with Crippen LogP contribution in [0.25, 0.3) is 0 Å². The molecule has 1 heterocycles. The van der Waals surface area contributed by atoms with Crippen molar-refractivity contribution in [1.29, 1.82) is 0 Å². The molecule has 2 atom stereocenters. The molecule has 0 radical (unpaired) electrons. The highest BCUT2D eigenvalue weighted by Gasteiger charge is 2.17. The maximum atomic E-state index is 5.24. The summed E-state index contributed by atoms with van der Waals surface area (Å²) in [5.74, 6) is 2.90. The van der Waals surface area contributed by atoms with Crippen LogP contribution in [0.3, 0.4) is 0 Å². The highest BCUT2D eigenvalue weighted by atomic mass is 127. The molecule has 1 fully saturated rings. The number of hydrogen-bond acceptors (Lipinski definition) is 4. The normalized spacial score (nSPS) is 17.7. The van der Waals surface area contributed by atoms with E-state index in [1.807, 2.05) is 19.2 Å². The molecule has 1 aromatic carbocycles. The fraction of sp³-hybridized carbons (Fsp3) is 0.696. The molecule has 0 amide bonds. The molecule has 0 bridgehead atoms. The van der Waals surface area contributed by atoms with Gasteiger partial charge in [-0.3, -0.25) is 4.99 Å². The molecular weight excluding hydrogens is 489 g/mol. The van der Waals surface area contributed by atoms with Crippen LogP contribution in [0, 0.1) is 5.92 Å². The van der Waals surface area contributed by atoms with E-state index >= 15 is 0 Å². The van der Waals surface area contributed by atoms with E-state index in [9.17, 15) is 0 Å². The molecule has 1 saturated heterocycles. The minimum atomic E-state index is 0. The maximum absolute atomic E-state index is 5.24. The summed E-state index contributed by atoms with van der Waals surface area (Å²) in [6, 6.07) is 8.36. The van der Waals surface area contributed by atoms with Crippen molar-refractivity contribution in [3.05, 3.63) is 29.8 Å². The largest absolute Gasteiger partial charge is 0.497 e. The number of methoxy groups -OCH3 is 1. The third-order valence-electron chi connectivity index (χ3n) is 5.88. The molecule has 0 spiro atoms. The van der Waals surface area contributed by atoms with Crippen molar-refractivity contribution >= 4 is 29.9 Å². The molecule has 2 unspecified atom stereocenters. The number of hydrogen-bond donors (Lipinski definition) is 2. The van der Waals surface area contributed by atoms with Gasteiger partial charge in [0.2, 0.25) is 0 Å². The standard InChI is InChI=1S/C23H41N5O.HI/c1-6-27-13-15-28(16-14-27)18-19(2)17-26-23(24-4)25-12-11-20(3)21-7-9-22(29-5)10-8-21;/h7-10,19-20H,6,11-18H2,1-5H3,(H2,24,25,26);1H. The molecule has 2 rings (SSSR count). The van der Waals surface area contributed by atoms with E-state index in [4.69, 9.17) is 4.74 Å². The highest BCUT2D eigenvalue weighted by molar-refractivity contribution is 14.0. The predicted molar refractivity (Wildman–Crippen MR) is 139 cm³/mol. The Balaban J connectivity index is 0.00000450. The molecule has 30 heavy (non-hydrogen) atoms. The molecule has 6 nitrogen and oxygen atoms in total. The molecular formula is C23H42IN5O. The summed E-state index contributed by atoms with van der Waals surface area (Å²) in [5, 5.41) is 6.95. The first-order chi connectivity index (χ1) is 14.0. The average molecular weight is 532 g/mol. The van der Waals surface area contributed by atoms with Crippen molar-refractivity contribution in [2.24, 2.45) is 10.9 Å². The zero-order chi connectivity index (χ0) is 21.1. The summed E-state index contributed by atoms with van der Waals surface area (Å²) in [7, 11) is 3.55. The minimum Gasteiger partial charge on any atom is -0.497 e. The van der Waals surface area contributed by atoms with Crippen LogP contribution in [0.5, 0.6) is 5.75 Å². The maximum Gasteiger partial charge on any atom is 0.190 e. The fourth-order valence-electron chi connectivity index (χ4n) is 3.79. The van der Waals surface area contributed by atoms with Crippen molar-refractivity contribution in [3.63, 3.8) is 0 Å². The Labute approximate surface area is 200 Å². The van der Waals surface area contributed by atoms with Crippen LogP contribution in [-0.2, 0) is 0 Å². The number of nitrogens with one attached hydrogen (secondary N) is 2. The van der Waals surface area contributed by atoms with E-state index < -0.39 is 0 Å². The van der Waals surface area contributed by atoms with Gasteiger partial charge in [0, 0.05) is 52.9 Å². The van der Waals surface area contributed by atoms with E-state index in [-0.39, 0.29) is 24.0 Å². The quantitative estimate of drug-likeness (QED) is 0.276. The first-order valence-electron chi connectivity index (χ1n) is 11.1. The van der Waals surface area contributed by atoms with E-state index in [0.29, 0.717) is 11.8 Å². The van der Waals surface area contributed by atoms with Crippen LogP contribution in [0.15, 0.2) is 29.3 Å².